The van der Waals surface area contributed by atoms with Gasteiger partial charge in [-0.1, -0.05) is 15.9 Å². The van der Waals surface area contributed by atoms with E-state index >= 15 is 0 Å². The van der Waals surface area contributed by atoms with Crippen LogP contribution in [0.4, 0.5) is 17.1 Å². The van der Waals surface area contributed by atoms with Gasteiger partial charge in [-0.25, -0.2) is 9.36 Å². The van der Waals surface area contributed by atoms with Crippen LogP contribution in [-0.2, 0) is 0 Å². The van der Waals surface area contributed by atoms with Crippen LogP contribution >= 0.6 is 15.9 Å². The lowest BCUT2D eigenvalue weighted by atomic mass is 10.2. The van der Waals surface area contributed by atoms with Crippen LogP contribution in [0.15, 0.2) is 55.6 Å². The quantitative estimate of drug-likeness (QED) is 0.259. The molecule has 2 aromatic carbocycles. The molecule has 0 saturated carbocycles. The predicted molar refractivity (Wildman–Crippen MR) is 118 cm³/mol. The third-order valence-electron chi connectivity index (χ3n) is 4.29. The minimum Gasteiger partial charge on any atom is -0.493 e. The molecule has 0 fully saturated rings. The Morgan fingerprint density at radius 3 is 2.50 bits per heavy atom. The zero-order valence-corrected chi connectivity index (χ0v) is 17.7. The molecule has 0 aliphatic heterocycles. The number of nitrogens with zero attached hydrogens (tertiary/aromatic N) is 4. The van der Waals surface area contributed by atoms with Gasteiger partial charge >= 0.3 is 11.4 Å². The molecule has 0 spiro atoms. The molecule has 14 heteroatoms. The van der Waals surface area contributed by atoms with Gasteiger partial charge < -0.3 is 5.11 Å². The first-order valence-electron chi connectivity index (χ1n) is 8.67. The van der Waals surface area contributed by atoms with Gasteiger partial charge in [0, 0.05) is 10.5 Å². The van der Waals surface area contributed by atoms with E-state index in [1.54, 1.807) is 19.1 Å². The topological polar surface area (TPSA) is 186 Å². The van der Waals surface area contributed by atoms with Gasteiger partial charge in [-0.15, -0.1) is 0 Å². The Kier molecular flexibility index (Phi) is 6.15. The molecule has 164 valence electrons. The third-order valence-corrected chi connectivity index (χ3v) is 5.18. The number of rotatable bonds is 6. The maximum atomic E-state index is 12.3. The van der Waals surface area contributed by atoms with Gasteiger partial charge in [0.05, 0.1) is 27.8 Å². The van der Waals surface area contributed by atoms with E-state index in [1.807, 2.05) is 0 Å². The van der Waals surface area contributed by atoms with Gasteiger partial charge in [0.2, 0.25) is 5.88 Å². The number of H-pyrrole nitrogens is 1. The van der Waals surface area contributed by atoms with Crippen LogP contribution in [0.5, 0.6) is 5.88 Å². The number of aromatic nitrogens is 2. The third kappa shape index (κ3) is 4.39. The summed E-state index contributed by atoms with van der Waals surface area (Å²) in [6.45, 7) is 1.77. The maximum absolute atomic E-state index is 12.3. The first-order chi connectivity index (χ1) is 15.1. The molecule has 0 saturated heterocycles. The van der Waals surface area contributed by atoms with E-state index in [4.69, 9.17) is 0 Å². The van der Waals surface area contributed by atoms with E-state index in [2.05, 4.69) is 31.4 Å². The minimum absolute atomic E-state index is 0.190. The number of nitrogens with one attached hydrogen (secondary N) is 2. The molecular weight excluding hydrogens is 492 g/mol. The second-order valence-electron chi connectivity index (χ2n) is 6.35. The van der Waals surface area contributed by atoms with Crippen LogP contribution in [0.2, 0.25) is 0 Å². The molecule has 3 rings (SSSR count). The van der Waals surface area contributed by atoms with Gasteiger partial charge in [-0.2, -0.15) is 5.10 Å². The fourth-order valence-electron chi connectivity index (χ4n) is 2.71. The van der Waals surface area contributed by atoms with Crippen molar-refractivity contribution in [3.63, 3.8) is 0 Å². The van der Waals surface area contributed by atoms with Crippen molar-refractivity contribution in [1.82, 2.24) is 9.55 Å². The Labute approximate surface area is 186 Å². The second-order valence-corrected chi connectivity index (χ2v) is 7.21. The van der Waals surface area contributed by atoms with Gasteiger partial charge in [-0.3, -0.25) is 35.4 Å². The van der Waals surface area contributed by atoms with Crippen LogP contribution in [0.25, 0.3) is 5.69 Å². The fourth-order valence-corrected chi connectivity index (χ4v) is 2.95. The number of nitro benzene ring substituents is 2. The first kappa shape index (κ1) is 22.4. The summed E-state index contributed by atoms with van der Waals surface area (Å²) in [6.07, 6.45) is 0.862. The fraction of sp³-hybridized carbons (Fsp3) is 0.0556. The average molecular weight is 505 g/mol. The molecule has 0 bridgehead atoms. The first-order valence-corrected chi connectivity index (χ1v) is 9.46. The smallest absolute Gasteiger partial charge is 0.335 e. The number of aromatic amines is 1. The molecule has 0 atom stereocenters. The molecule has 1 aromatic heterocycles. The molecule has 0 aliphatic rings. The van der Waals surface area contributed by atoms with E-state index in [0.29, 0.717) is 0 Å². The number of aromatic hydroxyl groups is 1. The molecule has 13 nitrogen and oxygen atoms in total. The molecule has 0 aliphatic carbocycles. The maximum Gasteiger partial charge on any atom is 0.335 e. The minimum atomic E-state index is -0.943. The van der Waals surface area contributed by atoms with Gasteiger partial charge in [0.1, 0.15) is 11.3 Å². The van der Waals surface area contributed by atoms with Crippen LogP contribution in [-0.4, -0.2) is 30.7 Å². The van der Waals surface area contributed by atoms with Crippen LogP contribution in [0.3, 0.4) is 0 Å². The van der Waals surface area contributed by atoms with Crippen LogP contribution in [0.1, 0.15) is 11.1 Å². The van der Waals surface area contributed by atoms with E-state index in [-0.39, 0.29) is 11.4 Å². The lowest BCUT2D eigenvalue weighted by molar-refractivity contribution is -0.393. The summed E-state index contributed by atoms with van der Waals surface area (Å²) in [7, 11) is 0. The highest BCUT2D eigenvalue weighted by atomic mass is 79.9. The molecular formula is C18H13BrN6O7. The van der Waals surface area contributed by atoms with E-state index in [9.17, 15) is 34.9 Å². The molecule has 0 unspecified atom stereocenters. The second kappa shape index (κ2) is 8.81. The normalized spacial score (nSPS) is 10.9. The van der Waals surface area contributed by atoms with Crippen molar-refractivity contribution >= 4 is 39.2 Å². The van der Waals surface area contributed by atoms with Crippen molar-refractivity contribution in [2.75, 3.05) is 5.43 Å². The number of aryl methyl sites for hydroxylation is 1. The number of non-ortho nitro benzene ring substituents is 1. The van der Waals surface area contributed by atoms with Crippen molar-refractivity contribution in [2.24, 2.45) is 5.10 Å². The lowest BCUT2D eigenvalue weighted by Gasteiger charge is -2.11. The van der Waals surface area contributed by atoms with Crippen molar-refractivity contribution < 1.29 is 15.0 Å². The summed E-state index contributed by atoms with van der Waals surface area (Å²) in [6, 6.07) is 7.65. The number of hydrogen-bond acceptors (Lipinski definition) is 9. The predicted octanol–water partition coefficient (Wildman–Crippen LogP) is 2.56. The van der Waals surface area contributed by atoms with E-state index < -0.39 is 43.9 Å². The standard InChI is InChI=1S/C18H13BrN6O7/c1-9-6-10(2-4-13(9)19)23-17(27)12(16(26)21-18(23)28)8-20-22-14-5-3-11(24(29)30)7-15(14)25(31)32/h2-8,22,27H,1H3,(H,21,26,28). The Balaban J connectivity index is 2.01. The SMILES string of the molecule is Cc1cc(-n2c(O)c(C=NNc3ccc([N+](=O)[O-])cc3[N+](=O)[O-])c(=O)[nH]c2=O)ccc1Br. The van der Waals surface area contributed by atoms with E-state index in [1.165, 1.54) is 6.07 Å². The Morgan fingerprint density at radius 2 is 1.88 bits per heavy atom. The zero-order chi connectivity index (χ0) is 23.6. The molecule has 3 N–H and O–H groups in total. The summed E-state index contributed by atoms with van der Waals surface area (Å²) >= 11 is 3.33. The summed E-state index contributed by atoms with van der Waals surface area (Å²) in [5, 5.41) is 36.2. The van der Waals surface area contributed by atoms with Crippen LogP contribution < -0.4 is 16.7 Å². The largest absolute Gasteiger partial charge is 0.493 e. The number of hydrogen-bond donors (Lipinski definition) is 3. The number of halogens is 1. The number of benzene rings is 2. The van der Waals surface area contributed by atoms with Gasteiger partial charge in [-0.05, 0) is 36.8 Å². The Bertz CT molecular complexity index is 1400. The highest BCUT2D eigenvalue weighted by molar-refractivity contribution is 9.10. The van der Waals surface area contributed by atoms with Crippen molar-refractivity contribution in [3.05, 3.63) is 93.1 Å². The molecule has 0 radical (unpaired) electrons. The zero-order valence-electron chi connectivity index (χ0n) is 16.1. The average Bonchev–Trinajstić information content (AvgIpc) is 2.72. The van der Waals surface area contributed by atoms with Gasteiger partial charge in [0.25, 0.3) is 11.2 Å². The summed E-state index contributed by atoms with van der Waals surface area (Å²) in [5.74, 6) is -0.704. The summed E-state index contributed by atoms with van der Waals surface area (Å²) in [5.41, 5.74) is -0.183. The van der Waals surface area contributed by atoms with Gasteiger partial charge in [0.15, 0.2) is 0 Å². The van der Waals surface area contributed by atoms with Crippen molar-refractivity contribution in [2.45, 2.75) is 6.92 Å². The molecule has 0 amide bonds. The Morgan fingerprint density at radius 1 is 1.16 bits per heavy atom. The van der Waals surface area contributed by atoms with Crippen molar-refractivity contribution in [1.29, 1.82) is 0 Å². The number of anilines is 1. The highest BCUT2D eigenvalue weighted by Gasteiger charge is 2.19. The molecule has 3 aromatic rings. The monoisotopic (exact) mass is 504 g/mol. The lowest BCUT2D eigenvalue weighted by Crippen LogP contribution is -2.31. The number of nitro groups is 2. The summed E-state index contributed by atoms with van der Waals surface area (Å²) < 4.78 is 1.63. The summed E-state index contributed by atoms with van der Waals surface area (Å²) in [4.78, 5) is 46.8. The van der Waals surface area contributed by atoms with Crippen LogP contribution in [0, 0.1) is 27.2 Å². The Hall–Kier alpha value is -4.33. The van der Waals surface area contributed by atoms with Crippen molar-refractivity contribution in [3.8, 4) is 11.6 Å². The molecule has 1 heterocycles. The molecule has 32 heavy (non-hydrogen) atoms. The number of hydrazone groups is 1. The highest BCUT2D eigenvalue weighted by Crippen LogP contribution is 2.29. The van der Waals surface area contributed by atoms with E-state index in [0.717, 1.165) is 39.0 Å².